The number of methoxy groups -OCH3 is 1. The summed E-state index contributed by atoms with van der Waals surface area (Å²) in [6.45, 7) is 2.20. The van der Waals surface area contributed by atoms with Gasteiger partial charge in [0.2, 0.25) is 5.91 Å². The van der Waals surface area contributed by atoms with Crippen LogP contribution in [-0.2, 0) is 29.0 Å². The molecule has 0 radical (unpaired) electrons. The largest absolute Gasteiger partial charge is 0.508 e. The molecule has 0 bridgehead atoms. The van der Waals surface area contributed by atoms with Crippen LogP contribution in [0.5, 0.6) is 11.5 Å². The number of rotatable bonds is 10. The molecule has 0 aliphatic carbocycles. The Bertz CT molecular complexity index is 1290. The van der Waals surface area contributed by atoms with Crippen molar-refractivity contribution >= 4 is 29.3 Å². The van der Waals surface area contributed by atoms with E-state index >= 15 is 0 Å². The van der Waals surface area contributed by atoms with Gasteiger partial charge in [0.25, 0.3) is 0 Å². The van der Waals surface area contributed by atoms with Crippen LogP contribution in [0.2, 0.25) is 0 Å². The molecule has 0 aromatic heterocycles. The number of aliphatic carboxylic acids is 1. The first kappa shape index (κ1) is 27.1. The van der Waals surface area contributed by atoms with Gasteiger partial charge < -0.3 is 30.5 Å². The van der Waals surface area contributed by atoms with Crippen LogP contribution in [0.3, 0.4) is 0 Å². The minimum atomic E-state index is -0.944. The first-order chi connectivity index (χ1) is 17.7. The van der Waals surface area contributed by atoms with Crippen molar-refractivity contribution in [2.24, 2.45) is 0 Å². The SMILES string of the molecule is COc1cc(CC(=O)N(C)Cc2ccc(O)c(CCC(=O)O)c2)ccc1NC(=O)Nc1ccccc1C. The smallest absolute Gasteiger partial charge is 0.323 e. The van der Waals surface area contributed by atoms with Gasteiger partial charge in [0.1, 0.15) is 11.5 Å². The highest BCUT2D eigenvalue weighted by molar-refractivity contribution is 6.01. The van der Waals surface area contributed by atoms with E-state index in [4.69, 9.17) is 9.84 Å². The number of aromatic hydroxyl groups is 1. The number of nitrogens with one attached hydrogen (secondary N) is 2. The maximum atomic E-state index is 12.9. The predicted octanol–water partition coefficient (Wildman–Crippen LogP) is 4.57. The molecule has 0 aliphatic rings. The molecule has 0 unspecified atom stereocenters. The maximum absolute atomic E-state index is 12.9. The summed E-state index contributed by atoms with van der Waals surface area (Å²) in [4.78, 5) is 37.7. The number of phenols is 1. The normalized spacial score (nSPS) is 10.5. The number of likely N-dealkylation sites (N-methyl/N-ethyl adjacent to an activating group) is 1. The molecule has 9 heteroatoms. The zero-order chi connectivity index (χ0) is 26.9. The number of ether oxygens (including phenoxy) is 1. The molecule has 9 nitrogen and oxygen atoms in total. The van der Waals surface area contributed by atoms with E-state index in [0.717, 1.165) is 11.1 Å². The number of hydrogen-bond acceptors (Lipinski definition) is 5. The van der Waals surface area contributed by atoms with Gasteiger partial charge in [-0.3, -0.25) is 9.59 Å². The Balaban J connectivity index is 1.62. The molecule has 3 aromatic rings. The lowest BCUT2D eigenvalue weighted by atomic mass is 10.0. The number of carboxylic acid groups (broad SMARTS) is 1. The number of hydrogen-bond donors (Lipinski definition) is 4. The van der Waals surface area contributed by atoms with E-state index in [9.17, 15) is 19.5 Å². The van der Waals surface area contributed by atoms with Gasteiger partial charge in [-0.05, 0) is 59.9 Å². The Morgan fingerprint density at radius 2 is 1.65 bits per heavy atom. The molecule has 3 amide bonds. The second-order valence-electron chi connectivity index (χ2n) is 8.71. The van der Waals surface area contributed by atoms with Crippen LogP contribution < -0.4 is 15.4 Å². The highest BCUT2D eigenvalue weighted by atomic mass is 16.5. The number of aryl methyl sites for hydroxylation is 2. The molecule has 0 aliphatic heterocycles. The number of para-hydroxylation sites is 1. The Hall–Kier alpha value is -4.53. The number of carboxylic acids is 1. The average Bonchev–Trinajstić information content (AvgIpc) is 2.86. The van der Waals surface area contributed by atoms with Crippen LogP contribution in [0.1, 0.15) is 28.7 Å². The van der Waals surface area contributed by atoms with E-state index < -0.39 is 12.0 Å². The quantitative estimate of drug-likeness (QED) is 0.320. The summed E-state index contributed by atoms with van der Waals surface area (Å²) in [7, 11) is 3.17. The third kappa shape index (κ3) is 7.73. The molecular weight excluding hydrogens is 474 g/mol. The average molecular weight is 506 g/mol. The van der Waals surface area contributed by atoms with Crippen molar-refractivity contribution < 1.29 is 29.3 Å². The van der Waals surface area contributed by atoms with Crippen LogP contribution in [-0.4, -0.2) is 47.2 Å². The monoisotopic (exact) mass is 505 g/mol. The van der Waals surface area contributed by atoms with Gasteiger partial charge in [-0.15, -0.1) is 0 Å². The van der Waals surface area contributed by atoms with Crippen molar-refractivity contribution in [1.82, 2.24) is 4.90 Å². The van der Waals surface area contributed by atoms with Crippen LogP contribution >= 0.6 is 0 Å². The fourth-order valence-electron chi connectivity index (χ4n) is 3.79. The summed E-state index contributed by atoms with van der Waals surface area (Å²) in [5, 5.41) is 24.5. The van der Waals surface area contributed by atoms with Gasteiger partial charge in [-0.25, -0.2) is 4.79 Å². The van der Waals surface area contributed by atoms with Gasteiger partial charge in [0, 0.05) is 25.7 Å². The fourth-order valence-corrected chi connectivity index (χ4v) is 3.79. The van der Waals surface area contributed by atoms with Crippen molar-refractivity contribution in [2.75, 3.05) is 24.8 Å². The topological polar surface area (TPSA) is 128 Å². The van der Waals surface area contributed by atoms with Crippen LogP contribution in [0, 0.1) is 6.92 Å². The minimum Gasteiger partial charge on any atom is -0.508 e. The maximum Gasteiger partial charge on any atom is 0.323 e. The lowest BCUT2D eigenvalue weighted by molar-refractivity contribution is -0.137. The summed E-state index contributed by atoms with van der Waals surface area (Å²) in [6, 6.07) is 17.1. The number of benzene rings is 3. The first-order valence-electron chi connectivity index (χ1n) is 11.7. The Morgan fingerprint density at radius 3 is 2.35 bits per heavy atom. The van der Waals surface area contributed by atoms with Crippen molar-refractivity contribution in [3.8, 4) is 11.5 Å². The summed E-state index contributed by atoms with van der Waals surface area (Å²) >= 11 is 0. The van der Waals surface area contributed by atoms with Crippen molar-refractivity contribution in [2.45, 2.75) is 32.7 Å². The first-order valence-corrected chi connectivity index (χ1v) is 11.7. The number of amides is 3. The molecule has 0 heterocycles. The van der Waals surface area contributed by atoms with E-state index in [0.29, 0.717) is 34.8 Å². The molecule has 0 atom stereocenters. The summed E-state index contributed by atoms with van der Waals surface area (Å²) in [5.74, 6) is -0.622. The van der Waals surface area contributed by atoms with Gasteiger partial charge in [-0.2, -0.15) is 0 Å². The van der Waals surface area contributed by atoms with Crippen LogP contribution in [0.4, 0.5) is 16.2 Å². The molecule has 0 saturated heterocycles. The van der Waals surface area contributed by atoms with E-state index in [1.54, 1.807) is 42.3 Å². The number of carbonyl (C=O) groups is 3. The summed E-state index contributed by atoms with van der Waals surface area (Å²) in [6.07, 6.45) is 0.231. The van der Waals surface area contributed by atoms with Gasteiger partial charge in [0.05, 0.1) is 19.2 Å². The molecule has 3 rings (SSSR count). The lowest BCUT2D eigenvalue weighted by Gasteiger charge is -2.19. The number of nitrogens with zero attached hydrogens (tertiary/aromatic N) is 1. The van der Waals surface area contributed by atoms with E-state index in [1.807, 2.05) is 31.2 Å². The van der Waals surface area contributed by atoms with Crippen LogP contribution in [0.15, 0.2) is 60.7 Å². The number of carbonyl (C=O) groups excluding carboxylic acids is 2. The van der Waals surface area contributed by atoms with E-state index in [-0.39, 0.29) is 30.9 Å². The zero-order valence-electron chi connectivity index (χ0n) is 21.1. The van der Waals surface area contributed by atoms with Gasteiger partial charge >= 0.3 is 12.0 Å². The van der Waals surface area contributed by atoms with Crippen molar-refractivity contribution in [3.63, 3.8) is 0 Å². The van der Waals surface area contributed by atoms with Crippen LogP contribution in [0.25, 0.3) is 0 Å². The summed E-state index contributed by atoms with van der Waals surface area (Å²) in [5.41, 5.74) is 4.13. The Labute approximate surface area is 215 Å². The number of phenolic OH excluding ortho intramolecular Hbond substituents is 1. The zero-order valence-corrected chi connectivity index (χ0v) is 21.1. The molecular formula is C28H31N3O6. The molecule has 37 heavy (non-hydrogen) atoms. The third-order valence-corrected chi connectivity index (χ3v) is 5.86. The molecule has 194 valence electrons. The lowest BCUT2D eigenvalue weighted by Crippen LogP contribution is -2.27. The number of anilines is 2. The third-order valence-electron chi connectivity index (χ3n) is 5.86. The second-order valence-corrected chi connectivity index (χ2v) is 8.71. The Kier molecular flexibility index (Phi) is 9.10. The molecule has 0 fully saturated rings. The highest BCUT2D eigenvalue weighted by Crippen LogP contribution is 2.27. The Morgan fingerprint density at radius 1 is 0.946 bits per heavy atom. The van der Waals surface area contributed by atoms with E-state index in [2.05, 4.69) is 10.6 Å². The molecule has 3 aromatic carbocycles. The standard InChI is InChI=1S/C28H31N3O6/c1-18-6-4-5-7-22(18)29-28(36)30-23-11-8-19(15-25(23)37-3)16-26(33)31(2)17-20-9-12-24(32)21(14-20)10-13-27(34)35/h4-9,11-12,14-15,32H,10,13,16-17H2,1-3H3,(H,34,35)(H2,29,30,36). The second kappa shape index (κ2) is 12.4. The van der Waals surface area contributed by atoms with E-state index in [1.165, 1.54) is 13.2 Å². The summed E-state index contributed by atoms with van der Waals surface area (Å²) < 4.78 is 5.43. The molecule has 4 N–H and O–H groups in total. The number of urea groups is 1. The minimum absolute atomic E-state index is 0.0346. The van der Waals surface area contributed by atoms with Gasteiger partial charge in [-0.1, -0.05) is 36.4 Å². The molecule has 0 spiro atoms. The van der Waals surface area contributed by atoms with Gasteiger partial charge in [0.15, 0.2) is 0 Å². The fraction of sp³-hybridized carbons (Fsp3) is 0.250. The van der Waals surface area contributed by atoms with Crippen molar-refractivity contribution in [3.05, 3.63) is 82.9 Å². The van der Waals surface area contributed by atoms with Crippen molar-refractivity contribution in [1.29, 1.82) is 0 Å². The predicted molar refractivity (Wildman–Crippen MR) is 141 cm³/mol. The molecule has 0 saturated carbocycles. The highest BCUT2D eigenvalue weighted by Gasteiger charge is 2.15.